The molecule has 0 aliphatic rings. The normalized spacial score (nSPS) is 13.0. The predicted molar refractivity (Wildman–Crippen MR) is 163 cm³/mol. The number of nitrogens with two attached hydrogens (primary N) is 1. The van der Waals surface area contributed by atoms with Crippen molar-refractivity contribution in [3.63, 3.8) is 0 Å². The molecule has 0 saturated carbocycles. The summed E-state index contributed by atoms with van der Waals surface area (Å²) in [4.78, 5) is 51.1. The van der Waals surface area contributed by atoms with Gasteiger partial charge in [0.15, 0.2) is 17.0 Å². The zero-order valence-corrected chi connectivity index (χ0v) is 24.7. The first kappa shape index (κ1) is 31.1. The van der Waals surface area contributed by atoms with Crippen molar-refractivity contribution < 1.29 is 33.3 Å². The van der Waals surface area contributed by atoms with Crippen molar-refractivity contribution in [3.05, 3.63) is 119 Å². The van der Waals surface area contributed by atoms with Crippen LogP contribution in [0.25, 0.3) is 11.2 Å². The lowest BCUT2D eigenvalue weighted by Crippen LogP contribution is -2.39. The predicted octanol–water partition coefficient (Wildman–Crippen LogP) is 4.91. The molecule has 13 heteroatoms. The van der Waals surface area contributed by atoms with E-state index in [4.69, 9.17) is 36.3 Å². The molecular weight excluding hydrogens is 602 g/mol. The molecule has 45 heavy (non-hydrogen) atoms. The second-order valence-corrected chi connectivity index (χ2v) is 10.1. The molecule has 0 aliphatic heterocycles. The Hall–Kier alpha value is -5.33. The van der Waals surface area contributed by atoms with Crippen LogP contribution in [-0.4, -0.2) is 62.8 Å². The fourth-order valence-corrected chi connectivity index (χ4v) is 4.51. The highest BCUT2D eigenvalue weighted by Gasteiger charge is 2.30. The van der Waals surface area contributed by atoms with E-state index in [1.807, 2.05) is 0 Å². The van der Waals surface area contributed by atoms with Crippen LogP contribution in [-0.2, 0) is 18.9 Å². The largest absolute Gasteiger partial charge is 0.459 e. The molecule has 0 spiro atoms. The standard InChI is InChI=1S/C32H28ClN5O7/c1-20(44-31(41)23-15-9-4-10-16-23)24(17-42-29(39)21-11-5-2-6-12-21)45-25(18-43-30(40)22-13-7-3-8-14-22)38-19-35-26-27(33)36-32(34)37-28(26)38/h2-16,19-20,24-25H,17-18H2,1H3,(H2,34,36,37)/t20-,24-,25-/m1/s1. The maximum atomic E-state index is 12.9. The van der Waals surface area contributed by atoms with Gasteiger partial charge in [0.2, 0.25) is 5.95 Å². The third-order valence-corrected chi connectivity index (χ3v) is 6.88. The summed E-state index contributed by atoms with van der Waals surface area (Å²) in [6, 6.07) is 25.2. The van der Waals surface area contributed by atoms with Gasteiger partial charge in [-0.15, -0.1) is 0 Å². The molecule has 5 aromatic rings. The van der Waals surface area contributed by atoms with E-state index in [2.05, 4.69) is 15.0 Å². The van der Waals surface area contributed by atoms with Gasteiger partial charge in [0.05, 0.1) is 23.0 Å². The quantitative estimate of drug-likeness (QED) is 0.114. The Morgan fingerprint density at radius 2 is 1.29 bits per heavy atom. The smallest absolute Gasteiger partial charge is 0.338 e. The van der Waals surface area contributed by atoms with Gasteiger partial charge in [-0.1, -0.05) is 66.2 Å². The van der Waals surface area contributed by atoms with Crippen LogP contribution < -0.4 is 5.73 Å². The molecule has 0 amide bonds. The number of nitrogen functional groups attached to an aromatic ring is 1. The molecule has 2 N–H and O–H groups in total. The summed E-state index contributed by atoms with van der Waals surface area (Å²) in [6.45, 7) is 0.922. The second-order valence-electron chi connectivity index (χ2n) is 9.73. The Kier molecular flexibility index (Phi) is 9.97. The number of nitrogens with zero attached hydrogens (tertiary/aromatic N) is 4. The number of rotatable bonds is 12. The van der Waals surface area contributed by atoms with Crippen molar-refractivity contribution in [3.8, 4) is 0 Å². The van der Waals surface area contributed by atoms with Crippen molar-refractivity contribution in [2.24, 2.45) is 0 Å². The van der Waals surface area contributed by atoms with Crippen molar-refractivity contribution in [1.82, 2.24) is 19.5 Å². The molecule has 0 aliphatic carbocycles. The Labute approximate surface area is 262 Å². The lowest BCUT2D eigenvalue weighted by Gasteiger charge is -2.29. The first-order chi connectivity index (χ1) is 21.8. The number of anilines is 1. The number of ether oxygens (including phenoxy) is 4. The summed E-state index contributed by atoms with van der Waals surface area (Å²) < 4.78 is 24.8. The third-order valence-electron chi connectivity index (χ3n) is 6.62. The van der Waals surface area contributed by atoms with Crippen LogP contribution in [0, 0.1) is 0 Å². The Morgan fingerprint density at radius 1 is 0.778 bits per heavy atom. The minimum Gasteiger partial charge on any atom is -0.459 e. The summed E-state index contributed by atoms with van der Waals surface area (Å²) in [5, 5.41) is 0.00906. The van der Waals surface area contributed by atoms with Crippen molar-refractivity contribution in [2.75, 3.05) is 18.9 Å². The Bertz CT molecular complexity index is 1770. The fourth-order valence-electron chi connectivity index (χ4n) is 4.29. The summed E-state index contributed by atoms with van der Waals surface area (Å²) in [6.07, 6.45) is -1.75. The summed E-state index contributed by atoms with van der Waals surface area (Å²) >= 11 is 6.25. The minimum absolute atomic E-state index is 0.00906. The van der Waals surface area contributed by atoms with E-state index >= 15 is 0 Å². The molecule has 5 rings (SSSR count). The van der Waals surface area contributed by atoms with Gasteiger partial charge < -0.3 is 24.7 Å². The highest BCUT2D eigenvalue weighted by molar-refractivity contribution is 6.33. The number of fused-ring (bicyclic) bond motifs is 1. The number of hydrogen-bond acceptors (Lipinski definition) is 11. The number of carbonyl (C=O) groups is 3. The SMILES string of the molecule is C[C@@H](OC(=O)c1ccccc1)[C@@H](COC(=O)c1ccccc1)O[C@H](COC(=O)c1ccccc1)n1cnc2c(Cl)nc(N)nc21. The Balaban J connectivity index is 1.44. The number of carbonyl (C=O) groups excluding carboxylic acids is 3. The first-order valence-corrected chi connectivity index (χ1v) is 14.2. The average Bonchev–Trinajstić information content (AvgIpc) is 3.49. The average molecular weight is 630 g/mol. The maximum Gasteiger partial charge on any atom is 0.338 e. The number of hydrogen-bond donors (Lipinski definition) is 1. The van der Waals surface area contributed by atoms with Gasteiger partial charge in [0.1, 0.15) is 30.9 Å². The van der Waals surface area contributed by atoms with Crippen LogP contribution in [0.15, 0.2) is 97.3 Å². The van der Waals surface area contributed by atoms with Gasteiger partial charge in [0.25, 0.3) is 0 Å². The van der Waals surface area contributed by atoms with Gasteiger partial charge >= 0.3 is 17.9 Å². The second kappa shape index (κ2) is 14.4. The minimum atomic E-state index is -1.12. The lowest BCUT2D eigenvalue weighted by molar-refractivity contribution is -0.136. The summed E-state index contributed by atoms with van der Waals surface area (Å²) in [5.74, 6) is -1.96. The molecule has 0 fully saturated rings. The lowest BCUT2D eigenvalue weighted by atomic mass is 10.2. The summed E-state index contributed by atoms with van der Waals surface area (Å²) in [5.41, 5.74) is 7.24. The van der Waals surface area contributed by atoms with E-state index in [9.17, 15) is 14.4 Å². The van der Waals surface area contributed by atoms with Crippen LogP contribution in [0.1, 0.15) is 44.2 Å². The fraction of sp³-hybridized carbons (Fsp3) is 0.188. The highest BCUT2D eigenvalue weighted by atomic mass is 35.5. The number of halogens is 1. The van der Waals surface area contributed by atoms with Gasteiger partial charge in [0, 0.05) is 0 Å². The van der Waals surface area contributed by atoms with Crippen LogP contribution in [0.4, 0.5) is 5.95 Å². The van der Waals surface area contributed by atoms with Gasteiger partial charge in [-0.05, 0) is 43.3 Å². The van der Waals surface area contributed by atoms with E-state index in [0.717, 1.165) is 0 Å². The van der Waals surface area contributed by atoms with Crippen molar-refractivity contribution in [1.29, 1.82) is 0 Å². The summed E-state index contributed by atoms with van der Waals surface area (Å²) in [7, 11) is 0. The van der Waals surface area contributed by atoms with E-state index in [0.29, 0.717) is 16.7 Å². The molecule has 3 atom stereocenters. The van der Waals surface area contributed by atoms with Crippen LogP contribution >= 0.6 is 11.6 Å². The van der Waals surface area contributed by atoms with E-state index < -0.39 is 36.3 Å². The molecule has 0 bridgehead atoms. The van der Waals surface area contributed by atoms with Gasteiger partial charge in [-0.2, -0.15) is 9.97 Å². The maximum absolute atomic E-state index is 12.9. The third kappa shape index (κ3) is 7.80. The highest BCUT2D eigenvalue weighted by Crippen LogP contribution is 2.26. The molecule has 12 nitrogen and oxygen atoms in total. The van der Waals surface area contributed by atoms with Crippen molar-refractivity contribution in [2.45, 2.75) is 25.4 Å². The topological polar surface area (TPSA) is 158 Å². The monoisotopic (exact) mass is 629 g/mol. The molecule has 2 heterocycles. The molecular formula is C32H28ClN5O7. The molecule has 230 valence electrons. The van der Waals surface area contributed by atoms with E-state index in [1.165, 1.54) is 10.9 Å². The van der Waals surface area contributed by atoms with Crippen LogP contribution in [0.2, 0.25) is 5.15 Å². The molecule has 0 radical (unpaired) electrons. The van der Waals surface area contributed by atoms with Crippen LogP contribution in [0.5, 0.6) is 0 Å². The molecule has 0 saturated heterocycles. The van der Waals surface area contributed by atoms with Crippen molar-refractivity contribution >= 4 is 46.6 Å². The van der Waals surface area contributed by atoms with Crippen LogP contribution in [0.3, 0.4) is 0 Å². The van der Waals surface area contributed by atoms with Gasteiger partial charge in [-0.25, -0.2) is 19.4 Å². The Morgan fingerprint density at radius 3 is 1.84 bits per heavy atom. The van der Waals surface area contributed by atoms with E-state index in [1.54, 1.807) is 97.9 Å². The zero-order chi connectivity index (χ0) is 31.8. The first-order valence-electron chi connectivity index (χ1n) is 13.8. The number of benzene rings is 3. The van der Waals surface area contributed by atoms with Gasteiger partial charge in [-0.3, -0.25) is 4.57 Å². The number of esters is 3. The molecule has 3 aromatic carbocycles. The zero-order valence-electron chi connectivity index (χ0n) is 24.0. The van der Waals surface area contributed by atoms with E-state index in [-0.39, 0.29) is 35.5 Å². The molecule has 2 aromatic heterocycles. The number of imidazole rings is 1. The number of aromatic nitrogens is 4. The molecule has 0 unspecified atom stereocenters.